The van der Waals surface area contributed by atoms with E-state index in [0.29, 0.717) is 4.91 Å². The minimum Gasteiger partial charge on any atom is -0.497 e. The second-order valence-electron chi connectivity index (χ2n) is 5.74. The lowest BCUT2D eigenvalue weighted by atomic mass is 10.0. The lowest BCUT2D eigenvalue weighted by molar-refractivity contribution is -0.116. The molecule has 0 unspecified atom stereocenters. The van der Waals surface area contributed by atoms with Gasteiger partial charge < -0.3 is 10.1 Å². The number of ether oxygens (including phenoxy) is 1. The summed E-state index contributed by atoms with van der Waals surface area (Å²) in [7, 11) is 3.30. The van der Waals surface area contributed by atoms with Crippen LogP contribution in [0.15, 0.2) is 65.6 Å². The Bertz CT molecular complexity index is 786. The average Bonchev–Trinajstić information content (AvgIpc) is 2.65. The fourth-order valence-corrected chi connectivity index (χ4v) is 3.20. The Balaban J connectivity index is 2.17. The van der Waals surface area contributed by atoms with Crippen LogP contribution in [-0.2, 0) is 4.79 Å². The van der Waals surface area contributed by atoms with E-state index < -0.39 is 0 Å². The highest BCUT2D eigenvalue weighted by molar-refractivity contribution is 8.12. The molecule has 1 amide bonds. The molecular weight excluding hydrogens is 330 g/mol. The zero-order valence-corrected chi connectivity index (χ0v) is 15.9. The van der Waals surface area contributed by atoms with E-state index in [1.165, 1.54) is 11.8 Å². The molecular formula is C21H23NO2S. The van der Waals surface area contributed by atoms with Crippen LogP contribution in [0.5, 0.6) is 5.75 Å². The van der Waals surface area contributed by atoms with E-state index in [0.717, 1.165) is 32.9 Å². The minimum atomic E-state index is -0.0824. The number of carbonyl (C=O) groups excluding carboxylic acids is 1. The number of likely N-dealkylation sites (N-methyl/N-ethyl adjacent to an activating group) is 1. The van der Waals surface area contributed by atoms with Crippen molar-refractivity contribution in [3.05, 3.63) is 71.2 Å². The Morgan fingerprint density at radius 1 is 1.00 bits per heavy atom. The quantitative estimate of drug-likeness (QED) is 0.734. The fourth-order valence-electron chi connectivity index (χ4n) is 2.30. The van der Waals surface area contributed by atoms with Crippen LogP contribution in [0, 0.1) is 0 Å². The molecule has 2 rings (SSSR count). The second kappa shape index (κ2) is 8.58. The molecule has 3 nitrogen and oxygen atoms in total. The summed E-state index contributed by atoms with van der Waals surface area (Å²) < 4.78 is 5.19. The number of methoxy groups -OCH3 is 1. The van der Waals surface area contributed by atoms with Crippen molar-refractivity contribution in [3.8, 4) is 16.9 Å². The van der Waals surface area contributed by atoms with Crippen LogP contribution in [0.3, 0.4) is 0 Å². The molecule has 0 fully saturated rings. The van der Waals surface area contributed by atoms with Gasteiger partial charge in [0.25, 0.3) is 5.91 Å². The monoisotopic (exact) mass is 353 g/mol. The Hall–Kier alpha value is -2.46. The summed E-state index contributed by atoms with van der Waals surface area (Å²) >= 11 is 1.40. The molecule has 130 valence electrons. The van der Waals surface area contributed by atoms with Gasteiger partial charge in [0.2, 0.25) is 0 Å². The van der Waals surface area contributed by atoms with E-state index in [1.54, 1.807) is 14.2 Å². The summed E-state index contributed by atoms with van der Waals surface area (Å²) in [5.41, 5.74) is 4.23. The van der Waals surface area contributed by atoms with E-state index in [1.807, 2.05) is 50.2 Å². The molecule has 0 spiro atoms. The predicted octanol–water partition coefficient (Wildman–Crippen LogP) is 5.11. The van der Waals surface area contributed by atoms with Crippen molar-refractivity contribution >= 4 is 22.6 Å². The van der Waals surface area contributed by atoms with Crippen LogP contribution in [0.25, 0.3) is 16.0 Å². The second-order valence-corrected chi connectivity index (χ2v) is 6.84. The average molecular weight is 353 g/mol. The summed E-state index contributed by atoms with van der Waals surface area (Å²) in [5, 5.41) is 2.67. The van der Waals surface area contributed by atoms with Gasteiger partial charge in [-0.3, -0.25) is 4.79 Å². The van der Waals surface area contributed by atoms with Crippen molar-refractivity contribution in [2.45, 2.75) is 13.8 Å². The van der Waals surface area contributed by atoms with Gasteiger partial charge in [0, 0.05) is 12.0 Å². The number of thioether (sulfide) groups is 1. The first kappa shape index (κ1) is 18.9. The van der Waals surface area contributed by atoms with Gasteiger partial charge in [-0.15, -0.1) is 0 Å². The summed E-state index contributed by atoms with van der Waals surface area (Å²) in [6.07, 6.45) is 0. The molecule has 0 aliphatic heterocycles. The molecule has 25 heavy (non-hydrogen) atoms. The third-order valence-electron chi connectivity index (χ3n) is 3.74. The largest absolute Gasteiger partial charge is 0.497 e. The topological polar surface area (TPSA) is 38.3 Å². The Kier molecular flexibility index (Phi) is 6.48. The summed E-state index contributed by atoms with van der Waals surface area (Å²) in [4.78, 5) is 13.5. The lowest BCUT2D eigenvalue weighted by Gasteiger charge is -2.11. The van der Waals surface area contributed by atoms with Gasteiger partial charge in [0.15, 0.2) is 0 Å². The summed E-state index contributed by atoms with van der Waals surface area (Å²) in [6, 6.07) is 16.1. The van der Waals surface area contributed by atoms with E-state index in [-0.39, 0.29) is 5.91 Å². The Morgan fingerprint density at radius 3 is 1.96 bits per heavy atom. The third-order valence-corrected chi connectivity index (χ3v) is 5.02. The van der Waals surface area contributed by atoms with Crippen LogP contribution >= 0.6 is 11.8 Å². The number of rotatable bonds is 6. The van der Waals surface area contributed by atoms with Gasteiger partial charge in [-0.05, 0) is 42.7 Å². The maximum Gasteiger partial charge on any atom is 0.257 e. The van der Waals surface area contributed by atoms with Gasteiger partial charge in [-0.2, -0.15) is 0 Å². The number of allylic oxidation sites excluding steroid dienone is 1. The molecule has 0 heterocycles. The Labute approximate surface area is 153 Å². The first-order valence-electron chi connectivity index (χ1n) is 7.97. The lowest BCUT2D eigenvalue weighted by Crippen LogP contribution is -2.19. The number of hydrogen-bond donors (Lipinski definition) is 1. The normalized spacial score (nSPS) is 10.1. The maximum atomic E-state index is 12.0. The molecule has 2 aromatic rings. The number of carbonyl (C=O) groups is 1. The Morgan fingerprint density at radius 2 is 1.52 bits per heavy atom. The summed E-state index contributed by atoms with van der Waals surface area (Å²) in [6.45, 7) is 7.98. The molecule has 0 radical (unpaired) electrons. The first-order valence-corrected chi connectivity index (χ1v) is 8.79. The van der Waals surface area contributed by atoms with Crippen LogP contribution in [0.1, 0.15) is 19.4 Å². The van der Waals surface area contributed by atoms with Crippen LogP contribution in [0.4, 0.5) is 0 Å². The van der Waals surface area contributed by atoms with Gasteiger partial charge >= 0.3 is 0 Å². The van der Waals surface area contributed by atoms with Crippen LogP contribution in [0.2, 0.25) is 0 Å². The van der Waals surface area contributed by atoms with Crippen molar-refractivity contribution in [2.75, 3.05) is 14.2 Å². The highest BCUT2D eigenvalue weighted by atomic mass is 32.2. The van der Waals surface area contributed by atoms with E-state index in [9.17, 15) is 4.79 Å². The minimum absolute atomic E-state index is 0.0824. The number of nitrogens with one attached hydrogen (secondary N) is 1. The molecule has 0 aliphatic carbocycles. The summed E-state index contributed by atoms with van der Waals surface area (Å²) in [5.74, 6) is 0.759. The van der Waals surface area contributed by atoms with Crippen molar-refractivity contribution in [1.29, 1.82) is 0 Å². The van der Waals surface area contributed by atoms with Crippen molar-refractivity contribution < 1.29 is 9.53 Å². The first-order chi connectivity index (χ1) is 12.0. The molecule has 0 aliphatic rings. The third kappa shape index (κ3) is 4.77. The number of amides is 1. The van der Waals surface area contributed by atoms with Crippen molar-refractivity contribution in [2.24, 2.45) is 0 Å². The van der Waals surface area contributed by atoms with Crippen molar-refractivity contribution in [3.63, 3.8) is 0 Å². The molecule has 0 aromatic heterocycles. The standard InChI is InChI=1S/C21H23NO2S/c1-14(2)20(21(23)22-4)25-15(3)16-6-8-17(9-7-16)18-10-12-19(24-5)13-11-18/h6-13H,3H2,1-2,4-5H3,(H,22,23). The van der Waals surface area contributed by atoms with E-state index in [2.05, 4.69) is 24.0 Å². The smallest absolute Gasteiger partial charge is 0.257 e. The molecule has 0 bridgehead atoms. The molecule has 4 heteroatoms. The molecule has 1 N–H and O–H groups in total. The zero-order chi connectivity index (χ0) is 18.4. The molecule has 0 saturated carbocycles. The molecule has 0 atom stereocenters. The number of benzene rings is 2. The highest BCUT2D eigenvalue weighted by Crippen LogP contribution is 2.34. The fraction of sp³-hybridized carbons (Fsp3) is 0.190. The van der Waals surface area contributed by atoms with E-state index >= 15 is 0 Å². The SMILES string of the molecule is C=C(SC(C(=O)NC)=C(C)C)c1ccc(-c2ccc(OC)cc2)cc1. The highest BCUT2D eigenvalue weighted by Gasteiger charge is 2.13. The predicted molar refractivity (Wildman–Crippen MR) is 107 cm³/mol. The van der Waals surface area contributed by atoms with Gasteiger partial charge in [-0.25, -0.2) is 0 Å². The maximum absolute atomic E-state index is 12.0. The van der Waals surface area contributed by atoms with Crippen molar-refractivity contribution in [1.82, 2.24) is 5.32 Å². The van der Waals surface area contributed by atoms with Crippen LogP contribution in [-0.4, -0.2) is 20.1 Å². The molecule has 0 saturated heterocycles. The van der Waals surface area contributed by atoms with Gasteiger partial charge in [-0.1, -0.05) is 60.3 Å². The number of hydrogen-bond acceptors (Lipinski definition) is 3. The van der Waals surface area contributed by atoms with E-state index in [4.69, 9.17) is 4.74 Å². The van der Waals surface area contributed by atoms with Gasteiger partial charge in [0.1, 0.15) is 5.75 Å². The molecule has 2 aromatic carbocycles. The van der Waals surface area contributed by atoms with Gasteiger partial charge in [0.05, 0.1) is 12.0 Å². The zero-order valence-electron chi connectivity index (χ0n) is 15.1. The van der Waals surface area contributed by atoms with Crippen LogP contribution < -0.4 is 10.1 Å².